The molecule has 2 aromatic carbocycles. The van der Waals surface area contributed by atoms with Gasteiger partial charge in [0.2, 0.25) is 4.77 Å². The molecule has 0 saturated heterocycles. The summed E-state index contributed by atoms with van der Waals surface area (Å²) < 4.78 is 2.07. The summed E-state index contributed by atoms with van der Waals surface area (Å²) in [6.07, 6.45) is 0. The molecule has 1 heterocycles. The van der Waals surface area contributed by atoms with Crippen LogP contribution in [-0.2, 0) is 5.41 Å². The van der Waals surface area contributed by atoms with E-state index in [-0.39, 0.29) is 5.41 Å². The van der Waals surface area contributed by atoms with Gasteiger partial charge in [0, 0.05) is 16.3 Å². The number of nitrogens with one attached hydrogen (secondary N) is 3. The summed E-state index contributed by atoms with van der Waals surface area (Å²) in [6, 6.07) is 15.5. The minimum Gasteiger partial charge on any atom is -0.331 e. The fourth-order valence-corrected chi connectivity index (χ4v) is 3.02. The van der Waals surface area contributed by atoms with Crippen LogP contribution in [0.3, 0.4) is 0 Å². The van der Waals surface area contributed by atoms with Crippen LogP contribution in [0.5, 0.6) is 0 Å². The van der Waals surface area contributed by atoms with E-state index in [4.69, 9.17) is 36.0 Å². The van der Waals surface area contributed by atoms with Crippen LogP contribution in [-0.4, -0.2) is 20.0 Å². The Kier molecular flexibility index (Phi) is 5.64. The summed E-state index contributed by atoms with van der Waals surface area (Å²) in [7, 11) is 0. The zero-order valence-corrected chi connectivity index (χ0v) is 17.6. The molecular formula is C19H20ClN5S2. The molecule has 140 valence electrons. The molecule has 3 rings (SSSR count). The molecule has 0 spiro atoms. The van der Waals surface area contributed by atoms with Crippen molar-refractivity contribution in [2.45, 2.75) is 26.2 Å². The topological polar surface area (TPSA) is 57.7 Å². The molecular weight excluding hydrogens is 398 g/mol. The third kappa shape index (κ3) is 4.74. The Morgan fingerprint density at radius 1 is 1.07 bits per heavy atom. The summed E-state index contributed by atoms with van der Waals surface area (Å²) in [5, 5.41) is 11.3. The second-order valence-corrected chi connectivity index (χ2v) is 8.32. The van der Waals surface area contributed by atoms with E-state index in [1.807, 2.05) is 24.3 Å². The molecule has 0 saturated carbocycles. The number of hydrogen-bond acceptors (Lipinski definition) is 3. The average Bonchev–Trinajstić information content (AvgIpc) is 2.97. The molecule has 27 heavy (non-hydrogen) atoms. The van der Waals surface area contributed by atoms with Crippen LogP contribution in [0.2, 0.25) is 5.02 Å². The van der Waals surface area contributed by atoms with Gasteiger partial charge in [-0.15, -0.1) is 0 Å². The first kappa shape index (κ1) is 19.5. The third-order valence-electron chi connectivity index (χ3n) is 4.00. The number of aromatic nitrogens is 3. The van der Waals surface area contributed by atoms with Crippen molar-refractivity contribution in [2.75, 3.05) is 10.7 Å². The van der Waals surface area contributed by atoms with Gasteiger partial charge in [0.05, 0.1) is 0 Å². The monoisotopic (exact) mass is 417 g/mol. The Morgan fingerprint density at radius 2 is 1.70 bits per heavy atom. The Labute approximate surface area is 173 Å². The second kappa shape index (κ2) is 7.80. The number of halogens is 1. The third-order valence-corrected chi connectivity index (χ3v) is 4.72. The van der Waals surface area contributed by atoms with Crippen LogP contribution in [0.25, 0.3) is 11.4 Å². The van der Waals surface area contributed by atoms with Crippen LogP contribution < -0.4 is 10.7 Å². The van der Waals surface area contributed by atoms with Crippen LogP contribution in [0.1, 0.15) is 26.3 Å². The Hall–Kier alpha value is -2.22. The van der Waals surface area contributed by atoms with E-state index < -0.39 is 0 Å². The summed E-state index contributed by atoms with van der Waals surface area (Å²) in [5.74, 6) is 0.653. The van der Waals surface area contributed by atoms with Crippen molar-refractivity contribution in [1.82, 2.24) is 14.9 Å². The first-order valence-corrected chi connectivity index (χ1v) is 9.55. The maximum atomic E-state index is 5.91. The van der Waals surface area contributed by atoms with Gasteiger partial charge < -0.3 is 5.32 Å². The lowest BCUT2D eigenvalue weighted by Gasteiger charge is -2.19. The van der Waals surface area contributed by atoms with Crippen LogP contribution in [0.4, 0.5) is 5.69 Å². The number of H-pyrrole nitrogens is 1. The minimum atomic E-state index is 0.0889. The molecule has 8 heteroatoms. The highest BCUT2D eigenvalue weighted by Crippen LogP contribution is 2.25. The van der Waals surface area contributed by atoms with E-state index in [0.29, 0.717) is 20.7 Å². The fourth-order valence-electron chi connectivity index (χ4n) is 2.51. The summed E-state index contributed by atoms with van der Waals surface area (Å²) >= 11 is 16.6. The van der Waals surface area contributed by atoms with E-state index in [1.54, 1.807) is 16.8 Å². The summed E-state index contributed by atoms with van der Waals surface area (Å²) in [6.45, 7) is 6.54. The summed E-state index contributed by atoms with van der Waals surface area (Å²) in [5.41, 5.74) is 6.16. The number of nitrogens with zero attached hydrogens (tertiary/aromatic N) is 2. The van der Waals surface area contributed by atoms with Gasteiger partial charge in [-0.3, -0.25) is 5.43 Å². The molecule has 0 bridgehead atoms. The number of thiocarbonyl (C=S) groups is 1. The maximum Gasteiger partial charge on any atom is 0.215 e. The highest BCUT2D eigenvalue weighted by molar-refractivity contribution is 7.80. The first-order valence-electron chi connectivity index (χ1n) is 8.36. The zero-order valence-electron chi connectivity index (χ0n) is 15.2. The Balaban J connectivity index is 1.81. The number of rotatable bonds is 3. The Bertz CT molecular complexity index is 998. The molecule has 0 amide bonds. The smallest absolute Gasteiger partial charge is 0.215 e. The SMILES string of the molecule is CC(C)(C)c1ccc(-c2n[nH]c(=S)n2NC(=S)Nc2ccc(Cl)cc2)cc1. The molecule has 0 radical (unpaired) electrons. The van der Waals surface area contributed by atoms with E-state index in [9.17, 15) is 0 Å². The highest BCUT2D eigenvalue weighted by Gasteiger charge is 2.15. The van der Waals surface area contributed by atoms with E-state index in [2.05, 4.69) is 53.8 Å². The van der Waals surface area contributed by atoms with Crippen molar-refractivity contribution in [3.05, 3.63) is 63.9 Å². The molecule has 0 aliphatic rings. The predicted octanol–water partition coefficient (Wildman–Crippen LogP) is 5.50. The first-order chi connectivity index (χ1) is 12.7. The molecule has 0 unspecified atom stereocenters. The number of benzene rings is 2. The molecule has 0 aliphatic heterocycles. The van der Waals surface area contributed by atoms with E-state index in [0.717, 1.165) is 11.3 Å². The van der Waals surface area contributed by atoms with Crippen LogP contribution in [0.15, 0.2) is 48.5 Å². The molecule has 0 fully saturated rings. The lowest BCUT2D eigenvalue weighted by molar-refractivity contribution is 0.590. The summed E-state index contributed by atoms with van der Waals surface area (Å²) in [4.78, 5) is 0. The number of anilines is 1. The average molecular weight is 418 g/mol. The molecule has 3 aromatic rings. The lowest BCUT2D eigenvalue weighted by atomic mass is 9.87. The maximum absolute atomic E-state index is 5.91. The van der Waals surface area contributed by atoms with Crippen molar-refractivity contribution in [1.29, 1.82) is 0 Å². The molecule has 5 nitrogen and oxygen atoms in total. The molecule has 1 aromatic heterocycles. The van der Waals surface area contributed by atoms with Gasteiger partial charge in [0.15, 0.2) is 10.9 Å². The largest absolute Gasteiger partial charge is 0.331 e. The molecule has 3 N–H and O–H groups in total. The van der Waals surface area contributed by atoms with Gasteiger partial charge in [0.25, 0.3) is 0 Å². The van der Waals surface area contributed by atoms with Crippen molar-refractivity contribution in [3.8, 4) is 11.4 Å². The normalized spacial score (nSPS) is 11.3. The second-order valence-electron chi connectivity index (χ2n) is 7.09. The van der Waals surface area contributed by atoms with Crippen LogP contribution in [0, 0.1) is 4.77 Å². The van der Waals surface area contributed by atoms with Crippen molar-refractivity contribution >= 4 is 46.8 Å². The molecule has 0 aliphatic carbocycles. The van der Waals surface area contributed by atoms with E-state index >= 15 is 0 Å². The van der Waals surface area contributed by atoms with E-state index in [1.165, 1.54) is 5.56 Å². The Morgan fingerprint density at radius 3 is 2.30 bits per heavy atom. The lowest BCUT2D eigenvalue weighted by Crippen LogP contribution is -2.28. The fraction of sp³-hybridized carbons (Fsp3) is 0.211. The highest BCUT2D eigenvalue weighted by atomic mass is 35.5. The minimum absolute atomic E-state index is 0.0889. The predicted molar refractivity (Wildman–Crippen MR) is 119 cm³/mol. The van der Waals surface area contributed by atoms with Crippen LogP contribution >= 0.6 is 36.0 Å². The van der Waals surface area contributed by atoms with Gasteiger partial charge in [-0.2, -0.15) is 5.10 Å². The zero-order chi connectivity index (χ0) is 19.6. The quantitative estimate of drug-likeness (QED) is 0.491. The number of aromatic amines is 1. The van der Waals surface area contributed by atoms with Gasteiger partial charge >= 0.3 is 0 Å². The molecule has 0 atom stereocenters. The van der Waals surface area contributed by atoms with Crippen molar-refractivity contribution in [2.24, 2.45) is 0 Å². The van der Waals surface area contributed by atoms with Gasteiger partial charge in [-0.05, 0) is 59.7 Å². The van der Waals surface area contributed by atoms with Crippen molar-refractivity contribution < 1.29 is 0 Å². The standard InChI is InChI=1S/C19H20ClN5S2/c1-19(2,3)13-6-4-12(5-7-13)16-22-23-18(27)25(16)24-17(26)21-15-10-8-14(20)9-11-15/h4-11H,1-3H3,(H,23,27)(H2,21,24,26). The van der Waals surface area contributed by atoms with Gasteiger partial charge in [-0.25, -0.2) is 9.77 Å². The van der Waals surface area contributed by atoms with Gasteiger partial charge in [0.1, 0.15) is 0 Å². The number of hydrogen-bond donors (Lipinski definition) is 3. The van der Waals surface area contributed by atoms with Crippen molar-refractivity contribution in [3.63, 3.8) is 0 Å². The van der Waals surface area contributed by atoms with Gasteiger partial charge in [-0.1, -0.05) is 56.6 Å².